The lowest BCUT2D eigenvalue weighted by Crippen LogP contribution is -2.02. The van der Waals surface area contributed by atoms with Gasteiger partial charge in [0.2, 0.25) is 0 Å². The Morgan fingerprint density at radius 2 is 2.18 bits per heavy atom. The molecule has 1 aromatic heterocycles. The number of pyridine rings is 1. The molecule has 2 aromatic rings. The van der Waals surface area contributed by atoms with Gasteiger partial charge in [0, 0.05) is 22.8 Å². The Morgan fingerprint density at radius 1 is 1.35 bits per heavy atom. The summed E-state index contributed by atoms with van der Waals surface area (Å²) >= 11 is 3.28. The fraction of sp³-hybridized carbons (Fsp3) is 0.0833. The van der Waals surface area contributed by atoms with Gasteiger partial charge in [0.25, 0.3) is 0 Å². The number of nitrogens with zero attached hydrogens (tertiary/aromatic N) is 1. The van der Waals surface area contributed by atoms with E-state index in [-0.39, 0.29) is 12.4 Å². The Labute approximate surface area is 107 Å². The molecular weight excluding hydrogens is 287 g/mol. The molecule has 2 N–H and O–H groups in total. The first-order valence-corrected chi connectivity index (χ1v) is 5.76. The third kappa shape index (κ3) is 2.81. The van der Waals surface area contributed by atoms with Crippen molar-refractivity contribution >= 4 is 15.9 Å². The first-order chi connectivity index (χ1) is 8.20. The molecule has 0 fully saturated rings. The van der Waals surface area contributed by atoms with E-state index in [1.165, 1.54) is 6.07 Å². The van der Waals surface area contributed by atoms with Crippen LogP contribution in [0.4, 0.5) is 4.39 Å². The molecule has 0 aliphatic carbocycles. The molecule has 0 spiro atoms. The second-order valence-corrected chi connectivity index (χ2v) is 4.28. The molecule has 5 heteroatoms. The summed E-state index contributed by atoms with van der Waals surface area (Å²) in [6.07, 6.45) is 3.19. The molecule has 3 nitrogen and oxygen atoms in total. The molecule has 2 rings (SSSR count). The minimum Gasteiger partial charge on any atom is -0.455 e. The van der Waals surface area contributed by atoms with Crippen molar-refractivity contribution in [2.45, 2.75) is 6.54 Å². The van der Waals surface area contributed by atoms with E-state index < -0.39 is 0 Å². The van der Waals surface area contributed by atoms with Crippen LogP contribution in [-0.2, 0) is 6.54 Å². The van der Waals surface area contributed by atoms with Gasteiger partial charge in [0.1, 0.15) is 17.3 Å². The fourth-order valence-electron chi connectivity index (χ4n) is 1.41. The standard InChI is InChI=1S/C12H10BrFN2O/c13-8-4-9(7-16-6-8)17-12-3-1-2-11(14)10(12)5-15/h1-4,6-7H,5,15H2. The molecule has 0 bridgehead atoms. The molecule has 0 aliphatic rings. The SMILES string of the molecule is NCc1c(F)cccc1Oc1cncc(Br)c1. The van der Waals surface area contributed by atoms with E-state index in [2.05, 4.69) is 20.9 Å². The van der Waals surface area contributed by atoms with E-state index in [9.17, 15) is 4.39 Å². The van der Waals surface area contributed by atoms with Gasteiger partial charge in [-0.15, -0.1) is 0 Å². The highest BCUT2D eigenvalue weighted by molar-refractivity contribution is 9.10. The first-order valence-electron chi connectivity index (χ1n) is 4.96. The zero-order chi connectivity index (χ0) is 12.3. The van der Waals surface area contributed by atoms with Gasteiger partial charge in [-0.05, 0) is 34.1 Å². The number of ether oxygens (including phenoxy) is 1. The average molecular weight is 297 g/mol. The smallest absolute Gasteiger partial charge is 0.146 e. The lowest BCUT2D eigenvalue weighted by molar-refractivity contribution is 0.465. The number of hydrogen-bond acceptors (Lipinski definition) is 3. The minimum atomic E-state index is -0.368. The van der Waals surface area contributed by atoms with Crippen molar-refractivity contribution in [3.8, 4) is 11.5 Å². The molecule has 0 aliphatic heterocycles. The quantitative estimate of drug-likeness (QED) is 0.946. The summed E-state index contributed by atoms with van der Waals surface area (Å²) < 4.78 is 19.8. The maximum Gasteiger partial charge on any atom is 0.146 e. The van der Waals surface area contributed by atoms with Gasteiger partial charge in [-0.25, -0.2) is 4.39 Å². The van der Waals surface area contributed by atoms with E-state index in [1.54, 1.807) is 30.6 Å². The van der Waals surface area contributed by atoms with E-state index in [1.807, 2.05) is 0 Å². The maximum atomic E-state index is 13.4. The molecular formula is C12H10BrFN2O. The third-order valence-electron chi connectivity index (χ3n) is 2.19. The third-order valence-corrected chi connectivity index (χ3v) is 2.62. The van der Waals surface area contributed by atoms with Gasteiger partial charge in [0.05, 0.1) is 6.20 Å². The maximum absolute atomic E-state index is 13.4. The van der Waals surface area contributed by atoms with E-state index in [0.717, 1.165) is 4.47 Å². The summed E-state index contributed by atoms with van der Waals surface area (Å²) in [5, 5.41) is 0. The Morgan fingerprint density at radius 3 is 2.88 bits per heavy atom. The van der Waals surface area contributed by atoms with E-state index in [4.69, 9.17) is 10.5 Å². The fourth-order valence-corrected chi connectivity index (χ4v) is 1.75. The summed E-state index contributed by atoms with van der Waals surface area (Å²) in [6, 6.07) is 6.35. The van der Waals surface area contributed by atoms with Gasteiger partial charge in [0.15, 0.2) is 0 Å². The van der Waals surface area contributed by atoms with Crippen LogP contribution in [0.1, 0.15) is 5.56 Å². The van der Waals surface area contributed by atoms with Crippen LogP contribution in [-0.4, -0.2) is 4.98 Å². The van der Waals surface area contributed by atoms with Crippen molar-refractivity contribution in [2.75, 3.05) is 0 Å². The lowest BCUT2D eigenvalue weighted by Gasteiger charge is -2.10. The molecule has 0 saturated heterocycles. The van der Waals surface area contributed by atoms with Crippen molar-refractivity contribution in [2.24, 2.45) is 5.73 Å². The van der Waals surface area contributed by atoms with Gasteiger partial charge < -0.3 is 10.5 Å². The Balaban J connectivity index is 2.33. The summed E-state index contributed by atoms with van der Waals surface area (Å²) in [4.78, 5) is 3.96. The summed E-state index contributed by atoms with van der Waals surface area (Å²) in [7, 11) is 0. The minimum absolute atomic E-state index is 0.0867. The Kier molecular flexibility index (Phi) is 3.71. The Hall–Kier alpha value is -1.46. The largest absolute Gasteiger partial charge is 0.455 e. The van der Waals surface area contributed by atoms with E-state index >= 15 is 0 Å². The van der Waals surface area contributed by atoms with Crippen molar-refractivity contribution in [1.29, 1.82) is 0 Å². The van der Waals surface area contributed by atoms with Crippen LogP contribution < -0.4 is 10.5 Å². The topological polar surface area (TPSA) is 48.1 Å². The highest BCUT2D eigenvalue weighted by Crippen LogP contribution is 2.27. The lowest BCUT2D eigenvalue weighted by atomic mass is 10.2. The molecule has 0 saturated carbocycles. The normalized spacial score (nSPS) is 10.3. The van der Waals surface area contributed by atoms with Crippen LogP contribution in [0.5, 0.6) is 11.5 Å². The summed E-state index contributed by atoms with van der Waals surface area (Å²) in [5.41, 5.74) is 5.84. The van der Waals surface area contributed by atoms with Crippen LogP contribution in [0.3, 0.4) is 0 Å². The predicted octanol–water partition coefficient (Wildman–Crippen LogP) is 3.23. The van der Waals surface area contributed by atoms with Crippen molar-refractivity contribution < 1.29 is 9.13 Å². The highest BCUT2D eigenvalue weighted by atomic mass is 79.9. The molecule has 0 atom stereocenters. The number of benzene rings is 1. The van der Waals surface area contributed by atoms with Gasteiger partial charge in [-0.2, -0.15) is 0 Å². The number of halogens is 2. The number of nitrogens with two attached hydrogens (primary N) is 1. The zero-order valence-electron chi connectivity index (χ0n) is 8.86. The monoisotopic (exact) mass is 296 g/mol. The molecule has 0 radical (unpaired) electrons. The predicted molar refractivity (Wildman–Crippen MR) is 66.3 cm³/mol. The van der Waals surface area contributed by atoms with Crippen LogP contribution in [0.2, 0.25) is 0 Å². The highest BCUT2D eigenvalue weighted by Gasteiger charge is 2.08. The molecule has 0 amide bonds. The van der Waals surface area contributed by atoms with Crippen molar-refractivity contribution in [3.05, 3.63) is 52.5 Å². The molecule has 1 heterocycles. The van der Waals surface area contributed by atoms with Crippen LogP contribution in [0.25, 0.3) is 0 Å². The molecule has 0 unspecified atom stereocenters. The second-order valence-electron chi connectivity index (χ2n) is 3.36. The van der Waals surface area contributed by atoms with Gasteiger partial charge >= 0.3 is 0 Å². The Bertz CT molecular complexity index is 534. The van der Waals surface area contributed by atoms with E-state index in [0.29, 0.717) is 17.1 Å². The molecule has 1 aromatic carbocycles. The van der Waals surface area contributed by atoms with Crippen LogP contribution in [0.15, 0.2) is 41.1 Å². The summed E-state index contributed by atoms with van der Waals surface area (Å²) in [6.45, 7) is 0.0867. The average Bonchev–Trinajstić information content (AvgIpc) is 2.29. The van der Waals surface area contributed by atoms with Gasteiger partial charge in [-0.3, -0.25) is 4.98 Å². The van der Waals surface area contributed by atoms with Crippen molar-refractivity contribution in [3.63, 3.8) is 0 Å². The van der Waals surface area contributed by atoms with Gasteiger partial charge in [-0.1, -0.05) is 6.07 Å². The number of rotatable bonds is 3. The first kappa shape index (κ1) is 12.0. The second kappa shape index (κ2) is 5.25. The molecule has 17 heavy (non-hydrogen) atoms. The van der Waals surface area contributed by atoms with Crippen LogP contribution in [0, 0.1) is 5.82 Å². The number of hydrogen-bond donors (Lipinski definition) is 1. The van der Waals surface area contributed by atoms with Crippen molar-refractivity contribution in [1.82, 2.24) is 4.98 Å². The summed E-state index contributed by atoms with van der Waals surface area (Å²) in [5.74, 6) is 0.569. The zero-order valence-corrected chi connectivity index (χ0v) is 10.4. The number of aromatic nitrogens is 1. The van der Waals surface area contributed by atoms with Crippen LogP contribution >= 0.6 is 15.9 Å². The molecule has 88 valence electrons.